The van der Waals surface area contributed by atoms with Crippen molar-refractivity contribution in [2.45, 2.75) is 25.1 Å². The van der Waals surface area contributed by atoms with Crippen molar-refractivity contribution in [3.8, 4) is 0 Å². The molecule has 2 heteroatoms. The lowest BCUT2D eigenvalue weighted by Crippen LogP contribution is -1.96. The normalized spacial score (nSPS) is 12.7. The van der Waals surface area contributed by atoms with E-state index in [9.17, 15) is 0 Å². The highest BCUT2D eigenvalue weighted by atomic mass is 79.9. The third-order valence-electron chi connectivity index (χ3n) is 2.72. The Labute approximate surface area is 109 Å². The average molecular weight is 295 g/mol. The molecule has 1 atom stereocenters. The quantitative estimate of drug-likeness (QED) is 0.696. The summed E-state index contributed by atoms with van der Waals surface area (Å²) in [5.41, 5.74) is 4.11. The fourth-order valence-corrected chi connectivity index (χ4v) is 3.72. The van der Waals surface area contributed by atoms with Crippen molar-refractivity contribution < 1.29 is 0 Å². The van der Waals surface area contributed by atoms with Gasteiger partial charge in [0.2, 0.25) is 0 Å². The predicted molar refractivity (Wildman–Crippen MR) is 75.6 cm³/mol. The second kappa shape index (κ2) is 5.15. The van der Waals surface area contributed by atoms with Crippen LogP contribution in [0.4, 0.5) is 0 Å². The van der Waals surface area contributed by atoms with Crippen molar-refractivity contribution in [3.63, 3.8) is 0 Å². The van der Waals surface area contributed by atoms with Crippen LogP contribution in [-0.2, 0) is 6.42 Å². The lowest BCUT2D eigenvalue weighted by molar-refractivity contribution is 0.955. The minimum absolute atomic E-state index is 0.423. The van der Waals surface area contributed by atoms with E-state index in [0.717, 1.165) is 6.42 Å². The first-order valence-corrected chi connectivity index (χ1v) is 7.20. The monoisotopic (exact) mass is 294 g/mol. The van der Waals surface area contributed by atoms with E-state index in [1.807, 2.05) is 11.3 Å². The minimum atomic E-state index is 0.423. The molecule has 0 nitrogen and oxygen atoms in total. The van der Waals surface area contributed by atoms with Crippen LogP contribution in [0.15, 0.2) is 35.7 Å². The number of alkyl halides is 1. The standard InChI is InChI=1S/C14H15BrS/c1-10-5-6-13(11(2)8-10)14(15)9-12-4-3-7-16-12/h3-8,14H,9H2,1-2H3. The van der Waals surface area contributed by atoms with Crippen LogP contribution in [0.2, 0.25) is 0 Å². The first-order chi connectivity index (χ1) is 7.66. The molecule has 1 aromatic carbocycles. The molecule has 1 heterocycles. The molecule has 0 aliphatic carbocycles. The third-order valence-corrected chi connectivity index (χ3v) is 4.44. The first kappa shape index (κ1) is 11.9. The van der Waals surface area contributed by atoms with Gasteiger partial charge in [0.15, 0.2) is 0 Å². The van der Waals surface area contributed by atoms with Gasteiger partial charge in [0.1, 0.15) is 0 Å². The SMILES string of the molecule is Cc1ccc(C(Br)Cc2cccs2)c(C)c1. The minimum Gasteiger partial charge on any atom is -0.149 e. The largest absolute Gasteiger partial charge is 0.149 e. The summed E-state index contributed by atoms with van der Waals surface area (Å²) < 4.78 is 0. The van der Waals surface area contributed by atoms with Crippen LogP contribution in [-0.4, -0.2) is 0 Å². The maximum absolute atomic E-state index is 3.79. The van der Waals surface area contributed by atoms with E-state index in [1.165, 1.54) is 21.6 Å². The topological polar surface area (TPSA) is 0 Å². The third kappa shape index (κ3) is 2.74. The van der Waals surface area contributed by atoms with Gasteiger partial charge in [-0.25, -0.2) is 0 Å². The Morgan fingerprint density at radius 1 is 1.25 bits per heavy atom. The van der Waals surface area contributed by atoms with Crippen LogP contribution in [0, 0.1) is 13.8 Å². The molecule has 0 aliphatic heterocycles. The summed E-state index contributed by atoms with van der Waals surface area (Å²) in [6.07, 6.45) is 1.07. The Bertz CT molecular complexity index is 460. The summed E-state index contributed by atoms with van der Waals surface area (Å²) in [7, 11) is 0. The second-order valence-electron chi connectivity index (χ2n) is 4.11. The van der Waals surface area contributed by atoms with Crippen LogP contribution < -0.4 is 0 Å². The van der Waals surface area contributed by atoms with Gasteiger partial charge < -0.3 is 0 Å². The first-order valence-electron chi connectivity index (χ1n) is 5.40. The molecule has 0 bridgehead atoms. The molecule has 1 unspecified atom stereocenters. The highest BCUT2D eigenvalue weighted by Gasteiger charge is 2.11. The van der Waals surface area contributed by atoms with E-state index in [0.29, 0.717) is 4.83 Å². The zero-order chi connectivity index (χ0) is 11.5. The summed E-state index contributed by atoms with van der Waals surface area (Å²) in [6.45, 7) is 4.32. The number of benzene rings is 1. The average Bonchev–Trinajstić information content (AvgIpc) is 2.70. The molecule has 84 valence electrons. The number of aryl methyl sites for hydroxylation is 2. The van der Waals surface area contributed by atoms with Gasteiger partial charge in [-0.15, -0.1) is 11.3 Å². The molecule has 0 radical (unpaired) electrons. The molecule has 2 aromatic rings. The Morgan fingerprint density at radius 3 is 2.69 bits per heavy atom. The molecule has 0 saturated heterocycles. The molecule has 0 aliphatic rings. The smallest absolute Gasteiger partial charge is 0.0446 e. The van der Waals surface area contributed by atoms with E-state index in [2.05, 4.69) is 65.5 Å². The molecule has 0 fully saturated rings. The number of halogens is 1. The van der Waals surface area contributed by atoms with Gasteiger partial charge in [0, 0.05) is 9.70 Å². The van der Waals surface area contributed by atoms with Crippen LogP contribution in [0.25, 0.3) is 0 Å². The van der Waals surface area contributed by atoms with E-state index in [-0.39, 0.29) is 0 Å². The fraction of sp³-hybridized carbons (Fsp3) is 0.286. The zero-order valence-corrected chi connectivity index (χ0v) is 11.9. The van der Waals surface area contributed by atoms with Crippen molar-refractivity contribution in [1.29, 1.82) is 0 Å². The maximum atomic E-state index is 3.79. The van der Waals surface area contributed by atoms with Gasteiger partial charge in [0.25, 0.3) is 0 Å². The lowest BCUT2D eigenvalue weighted by Gasteiger charge is -2.12. The highest BCUT2D eigenvalue weighted by Crippen LogP contribution is 2.31. The molecule has 16 heavy (non-hydrogen) atoms. The molecular weight excluding hydrogens is 280 g/mol. The Balaban J connectivity index is 2.17. The zero-order valence-electron chi connectivity index (χ0n) is 9.53. The van der Waals surface area contributed by atoms with Crippen molar-refractivity contribution in [2.75, 3.05) is 0 Å². The molecule has 1 aromatic heterocycles. The van der Waals surface area contributed by atoms with Crippen molar-refractivity contribution in [3.05, 3.63) is 57.3 Å². The van der Waals surface area contributed by atoms with E-state index < -0.39 is 0 Å². The van der Waals surface area contributed by atoms with Crippen molar-refractivity contribution in [2.24, 2.45) is 0 Å². The second-order valence-corrected chi connectivity index (χ2v) is 6.25. The van der Waals surface area contributed by atoms with Crippen LogP contribution in [0.5, 0.6) is 0 Å². The molecule has 0 saturated carbocycles. The van der Waals surface area contributed by atoms with Gasteiger partial charge in [-0.1, -0.05) is 45.8 Å². The highest BCUT2D eigenvalue weighted by molar-refractivity contribution is 9.09. The van der Waals surface area contributed by atoms with Crippen molar-refractivity contribution >= 4 is 27.3 Å². The lowest BCUT2D eigenvalue weighted by atomic mass is 10.0. The summed E-state index contributed by atoms with van der Waals surface area (Å²) in [4.78, 5) is 1.86. The number of thiophene rings is 1. The molecule has 0 spiro atoms. The van der Waals surface area contributed by atoms with Gasteiger partial charge in [-0.2, -0.15) is 0 Å². The van der Waals surface area contributed by atoms with Gasteiger partial charge >= 0.3 is 0 Å². The molecule has 0 amide bonds. The number of hydrogen-bond acceptors (Lipinski definition) is 1. The van der Waals surface area contributed by atoms with Gasteiger partial charge in [0.05, 0.1) is 0 Å². The van der Waals surface area contributed by atoms with E-state index in [4.69, 9.17) is 0 Å². The van der Waals surface area contributed by atoms with Crippen LogP contribution in [0.1, 0.15) is 26.4 Å². The summed E-state index contributed by atoms with van der Waals surface area (Å²) in [5, 5.41) is 2.14. The Hall–Kier alpha value is -0.600. The molecular formula is C14H15BrS. The van der Waals surface area contributed by atoms with Crippen molar-refractivity contribution in [1.82, 2.24) is 0 Å². The summed E-state index contributed by atoms with van der Waals surface area (Å²) >= 11 is 5.61. The van der Waals surface area contributed by atoms with E-state index >= 15 is 0 Å². The predicted octanol–water partition coefficient (Wildman–Crippen LogP) is 5.04. The number of hydrogen-bond donors (Lipinski definition) is 0. The summed E-state index contributed by atoms with van der Waals surface area (Å²) in [5.74, 6) is 0. The molecule has 2 rings (SSSR count). The number of rotatable bonds is 3. The van der Waals surface area contributed by atoms with Crippen LogP contribution >= 0.6 is 27.3 Å². The molecule has 0 N–H and O–H groups in total. The fourth-order valence-electron chi connectivity index (χ4n) is 1.89. The van der Waals surface area contributed by atoms with Gasteiger partial charge in [-0.3, -0.25) is 0 Å². The Kier molecular flexibility index (Phi) is 3.82. The summed E-state index contributed by atoms with van der Waals surface area (Å²) in [6, 6.07) is 11.0. The van der Waals surface area contributed by atoms with Crippen LogP contribution in [0.3, 0.4) is 0 Å². The van der Waals surface area contributed by atoms with Gasteiger partial charge in [-0.05, 0) is 42.8 Å². The van der Waals surface area contributed by atoms with E-state index in [1.54, 1.807) is 0 Å². The Morgan fingerprint density at radius 2 is 2.06 bits per heavy atom. The maximum Gasteiger partial charge on any atom is 0.0446 e.